The van der Waals surface area contributed by atoms with E-state index in [0.717, 1.165) is 5.56 Å². The van der Waals surface area contributed by atoms with E-state index in [1.54, 1.807) is 24.0 Å². The summed E-state index contributed by atoms with van der Waals surface area (Å²) >= 11 is 12.6. The van der Waals surface area contributed by atoms with Crippen LogP contribution in [0.5, 0.6) is 5.75 Å². The Morgan fingerprint density at radius 2 is 1.75 bits per heavy atom. The Labute approximate surface area is 195 Å². The van der Waals surface area contributed by atoms with Gasteiger partial charge in [0, 0.05) is 48.3 Å². The molecule has 0 saturated carbocycles. The zero-order valence-electron chi connectivity index (χ0n) is 17.5. The molecule has 1 amide bonds. The van der Waals surface area contributed by atoms with Gasteiger partial charge in [0.15, 0.2) is 17.3 Å². The Balaban J connectivity index is 1.39. The summed E-state index contributed by atoms with van der Waals surface area (Å²) in [6, 6.07) is 11.6. The molecule has 0 unspecified atom stereocenters. The molecule has 1 aliphatic rings. The Morgan fingerprint density at radius 3 is 2.44 bits per heavy atom. The van der Waals surface area contributed by atoms with Crippen molar-refractivity contribution < 1.29 is 18.4 Å². The average Bonchev–Trinajstić information content (AvgIpc) is 3.16. The smallest absolute Gasteiger partial charge is 0.276 e. The van der Waals surface area contributed by atoms with Gasteiger partial charge in [0.25, 0.3) is 5.91 Å². The second-order valence-electron chi connectivity index (χ2n) is 7.55. The maximum atomic E-state index is 13.9. The van der Waals surface area contributed by atoms with Crippen molar-refractivity contribution >= 4 is 29.1 Å². The lowest BCUT2D eigenvalue weighted by atomic mass is 10.1. The van der Waals surface area contributed by atoms with E-state index in [1.807, 2.05) is 18.2 Å². The Bertz CT molecular complexity index is 1090. The lowest BCUT2D eigenvalue weighted by molar-refractivity contribution is 0.0616. The number of aryl methyl sites for hydroxylation is 1. The van der Waals surface area contributed by atoms with Crippen LogP contribution in [0.1, 0.15) is 27.4 Å². The highest BCUT2D eigenvalue weighted by Crippen LogP contribution is 2.26. The first-order chi connectivity index (χ1) is 15.4. The van der Waals surface area contributed by atoms with Gasteiger partial charge < -0.3 is 14.2 Å². The zero-order valence-corrected chi connectivity index (χ0v) is 19.0. The number of halogens is 3. The van der Waals surface area contributed by atoms with Crippen LogP contribution in [-0.2, 0) is 13.2 Å². The Kier molecular flexibility index (Phi) is 6.98. The topological polar surface area (TPSA) is 58.8 Å². The fraction of sp³-hybridized carbons (Fsp3) is 0.304. The van der Waals surface area contributed by atoms with Crippen molar-refractivity contribution in [2.75, 3.05) is 26.2 Å². The molecule has 3 aromatic rings. The summed E-state index contributed by atoms with van der Waals surface area (Å²) in [6.07, 6.45) is 0. The van der Waals surface area contributed by atoms with Crippen molar-refractivity contribution in [1.29, 1.82) is 0 Å². The molecule has 4 rings (SSSR count). The quantitative estimate of drug-likeness (QED) is 0.501. The number of ether oxygens (including phenoxy) is 1. The van der Waals surface area contributed by atoms with E-state index in [0.29, 0.717) is 54.1 Å². The number of carbonyl (C=O) groups excluding carboxylic acids is 1. The minimum Gasteiger partial charge on any atom is -0.486 e. The minimum absolute atomic E-state index is 0.0116. The van der Waals surface area contributed by atoms with Crippen LogP contribution in [0.25, 0.3) is 0 Å². The van der Waals surface area contributed by atoms with Crippen molar-refractivity contribution in [2.24, 2.45) is 0 Å². The molecule has 1 saturated heterocycles. The van der Waals surface area contributed by atoms with E-state index in [1.165, 1.54) is 12.1 Å². The number of hydrogen-bond acceptors (Lipinski definition) is 5. The second kappa shape index (κ2) is 9.90. The normalized spacial score (nSPS) is 14.6. The van der Waals surface area contributed by atoms with E-state index >= 15 is 0 Å². The van der Waals surface area contributed by atoms with Gasteiger partial charge in [-0.1, -0.05) is 46.6 Å². The summed E-state index contributed by atoms with van der Waals surface area (Å²) in [5.74, 6) is -0.122. The van der Waals surface area contributed by atoms with Crippen molar-refractivity contribution in [1.82, 2.24) is 15.0 Å². The third-order valence-corrected chi connectivity index (χ3v) is 6.21. The number of hydrogen-bond donors (Lipinski definition) is 0. The molecular formula is C23H22Cl2FN3O3. The van der Waals surface area contributed by atoms with Crippen LogP contribution in [-0.4, -0.2) is 47.0 Å². The maximum Gasteiger partial charge on any atom is 0.276 e. The number of rotatable bonds is 6. The van der Waals surface area contributed by atoms with E-state index in [2.05, 4.69) is 10.1 Å². The van der Waals surface area contributed by atoms with Gasteiger partial charge in [-0.3, -0.25) is 9.69 Å². The summed E-state index contributed by atoms with van der Waals surface area (Å²) in [4.78, 5) is 17.0. The van der Waals surface area contributed by atoms with Gasteiger partial charge in [-0.05, 0) is 31.2 Å². The summed E-state index contributed by atoms with van der Waals surface area (Å²) in [7, 11) is 0. The molecule has 2 aromatic carbocycles. The third kappa shape index (κ3) is 4.90. The summed E-state index contributed by atoms with van der Waals surface area (Å²) in [5, 5.41) is 5.21. The van der Waals surface area contributed by atoms with Gasteiger partial charge >= 0.3 is 0 Å². The predicted molar refractivity (Wildman–Crippen MR) is 120 cm³/mol. The fourth-order valence-corrected chi connectivity index (χ4v) is 4.12. The van der Waals surface area contributed by atoms with Crippen LogP contribution < -0.4 is 4.74 Å². The summed E-state index contributed by atoms with van der Waals surface area (Å²) in [5.41, 5.74) is 1.60. The number of piperazine rings is 1. The average molecular weight is 478 g/mol. The number of amides is 1. The molecule has 6 nitrogen and oxygen atoms in total. The van der Waals surface area contributed by atoms with E-state index in [4.69, 9.17) is 32.5 Å². The van der Waals surface area contributed by atoms with Crippen LogP contribution in [0.15, 0.2) is 47.0 Å². The molecule has 0 spiro atoms. The standard InChI is InChI=1S/C23H22Cl2FN3O3/c1-15-17(14-31-21-8-3-2-7-20(21)26)22(27-32-15)23(30)29-11-9-28(10-12-29)13-16-18(24)5-4-6-19(16)25/h2-8H,9-14H2,1H3. The molecule has 0 aliphatic carbocycles. The van der Waals surface area contributed by atoms with Gasteiger partial charge in [-0.2, -0.15) is 0 Å². The first-order valence-corrected chi connectivity index (χ1v) is 11.0. The fourth-order valence-electron chi connectivity index (χ4n) is 3.61. The van der Waals surface area contributed by atoms with Crippen LogP contribution in [0.3, 0.4) is 0 Å². The molecule has 2 heterocycles. The number of nitrogens with zero attached hydrogens (tertiary/aromatic N) is 3. The molecule has 168 valence electrons. The van der Waals surface area contributed by atoms with Crippen molar-refractivity contribution in [3.05, 3.63) is 80.9 Å². The SMILES string of the molecule is Cc1onc(C(=O)N2CCN(Cc3c(Cl)cccc3Cl)CC2)c1COc1ccccc1F. The number of benzene rings is 2. The van der Waals surface area contributed by atoms with Crippen LogP contribution >= 0.6 is 23.2 Å². The molecule has 1 aliphatic heterocycles. The second-order valence-corrected chi connectivity index (χ2v) is 8.37. The number of carbonyl (C=O) groups is 1. The molecule has 1 aromatic heterocycles. The van der Waals surface area contributed by atoms with Gasteiger partial charge in [0.2, 0.25) is 0 Å². The van der Waals surface area contributed by atoms with Gasteiger partial charge in [-0.25, -0.2) is 4.39 Å². The maximum absolute atomic E-state index is 13.9. The van der Waals surface area contributed by atoms with Crippen LogP contribution in [0.4, 0.5) is 4.39 Å². The third-order valence-electron chi connectivity index (χ3n) is 5.50. The van der Waals surface area contributed by atoms with Crippen LogP contribution in [0, 0.1) is 12.7 Å². The number of aromatic nitrogens is 1. The van der Waals surface area contributed by atoms with Gasteiger partial charge in [-0.15, -0.1) is 0 Å². The molecule has 0 bridgehead atoms. The van der Waals surface area contributed by atoms with Gasteiger partial charge in [0.05, 0.1) is 5.56 Å². The summed E-state index contributed by atoms with van der Waals surface area (Å²) < 4.78 is 24.7. The first-order valence-electron chi connectivity index (χ1n) is 10.2. The van der Waals surface area contributed by atoms with Gasteiger partial charge in [0.1, 0.15) is 12.4 Å². The molecule has 32 heavy (non-hydrogen) atoms. The van der Waals surface area contributed by atoms with E-state index in [-0.39, 0.29) is 24.0 Å². The lowest BCUT2D eigenvalue weighted by Gasteiger charge is -2.34. The highest BCUT2D eigenvalue weighted by atomic mass is 35.5. The molecule has 0 atom stereocenters. The molecule has 0 N–H and O–H groups in total. The monoisotopic (exact) mass is 477 g/mol. The zero-order chi connectivity index (χ0) is 22.7. The Hall–Kier alpha value is -2.61. The molecule has 9 heteroatoms. The van der Waals surface area contributed by atoms with Crippen molar-refractivity contribution in [3.8, 4) is 5.75 Å². The first kappa shape index (κ1) is 22.6. The van der Waals surface area contributed by atoms with Crippen molar-refractivity contribution in [2.45, 2.75) is 20.1 Å². The minimum atomic E-state index is -0.468. The van der Waals surface area contributed by atoms with E-state index < -0.39 is 5.82 Å². The molecule has 1 fully saturated rings. The largest absolute Gasteiger partial charge is 0.486 e. The highest BCUT2D eigenvalue weighted by molar-refractivity contribution is 6.35. The molecular weight excluding hydrogens is 456 g/mol. The lowest BCUT2D eigenvalue weighted by Crippen LogP contribution is -2.48. The predicted octanol–water partition coefficient (Wildman–Crippen LogP) is 4.97. The number of para-hydroxylation sites is 1. The molecule has 0 radical (unpaired) electrons. The van der Waals surface area contributed by atoms with E-state index in [9.17, 15) is 9.18 Å². The Morgan fingerprint density at radius 1 is 1.06 bits per heavy atom. The van der Waals surface area contributed by atoms with Crippen LogP contribution in [0.2, 0.25) is 10.0 Å². The summed E-state index contributed by atoms with van der Waals surface area (Å²) in [6.45, 7) is 4.71. The highest BCUT2D eigenvalue weighted by Gasteiger charge is 2.28. The van der Waals surface area contributed by atoms with Crippen molar-refractivity contribution in [3.63, 3.8) is 0 Å².